The molecule has 0 unspecified atom stereocenters. The lowest BCUT2D eigenvalue weighted by Gasteiger charge is -2.14. The van der Waals surface area contributed by atoms with Gasteiger partial charge in [0.2, 0.25) is 0 Å². The van der Waals surface area contributed by atoms with Crippen LogP contribution in [0, 0.1) is 3.57 Å². The second-order valence-corrected chi connectivity index (χ2v) is 10.4. The van der Waals surface area contributed by atoms with Gasteiger partial charge < -0.3 is 19.5 Å². The first-order valence-electron chi connectivity index (χ1n) is 11.3. The number of amides is 3. The number of halogens is 2. The van der Waals surface area contributed by atoms with Gasteiger partial charge in [-0.1, -0.05) is 41.9 Å². The molecule has 0 aromatic heterocycles. The van der Waals surface area contributed by atoms with Gasteiger partial charge in [-0.15, -0.1) is 0 Å². The van der Waals surface area contributed by atoms with Gasteiger partial charge in [0, 0.05) is 5.69 Å². The van der Waals surface area contributed by atoms with Crippen molar-refractivity contribution in [1.29, 1.82) is 0 Å². The zero-order chi connectivity index (χ0) is 27.1. The fourth-order valence-electron chi connectivity index (χ4n) is 3.47. The number of nitrogens with one attached hydrogen (secondary N) is 1. The van der Waals surface area contributed by atoms with Crippen LogP contribution >= 0.6 is 46.0 Å². The van der Waals surface area contributed by atoms with E-state index in [4.69, 9.17) is 25.8 Å². The number of methoxy groups -OCH3 is 1. The van der Waals surface area contributed by atoms with Gasteiger partial charge in [-0.25, -0.2) is 0 Å². The van der Waals surface area contributed by atoms with Crippen LogP contribution in [0.15, 0.2) is 71.6 Å². The molecular formula is C27H22ClIN2O6S. The highest BCUT2D eigenvalue weighted by atomic mass is 127. The molecule has 0 saturated carbocycles. The fraction of sp³-hybridized carbons (Fsp3) is 0.148. The molecule has 0 atom stereocenters. The number of rotatable bonds is 10. The summed E-state index contributed by atoms with van der Waals surface area (Å²) in [5.41, 5.74) is 1.31. The number of thioether (sulfide) groups is 1. The minimum absolute atomic E-state index is 0.0892. The summed E-state index contributed by atoms with van der Waals surface area (Å²) in [5.74, 6) is 0.555. The molecule has 196 valence electrons. The largest absolute Gasteiger partial charge is 0.493 e. The van der Waals surface area contributed by atoms with Gasteiger partial charge >= 0.3 is 0 Å². The van der Waals surface area contributed by atoms with E-state index in [0.717, 1.165) is 16.7 Å². The minimum atomic E-state index is -0.408. The molecule has 1 fully saturated rings. The third-order valence-corrected chi connectivity index (χ3v) is 7.26. The summed E-state index contributed by atoms with van der Waals surface area (Å²) in [7, 11) is 1.49. The summed E-state index contributed by atoms with van der Waals surface area (Å²) in [6.45, 7) is -0.00761. The standard InChI is InChI=1S/C27H22ClIN2O6S/c1-35-22-14-17(13-20(29)25(22)37-16-24(32)30-18-7-3-2-4-8-18)15-23-26(33)31(27(34)38-23)11-12-36-21-10-6-5-9-19(21)28/h2-10,13-15H,11-12,16H2,1H3,(H,30,32)/b23-15-. The van der Waals surface area contributed by atoms with Crippen molar-refractivity contribution in [2.75, 3.05) is 32.2 Å². The van der Waals surface area contributed by atoms with Crippen LogP contribution in [0.2, 0.25) is 5.02 Å². The van der Waals surface area contributed by atoms with E-state index in [1.807, 2.05) is 18.2 Å². The molecule has 1 heterocycles. The number of carbonyl (C=O) groups is 3. The van der Waals surface area contributed by atoms with Crippen LogP contribution in [0.1, 0.15) is 5.56 Å². The first kappa shape index (κ1) is 27.8. The van der Waals surface area contributed by atoms with Gasteiger partial charge in [0.05, 0.1) is 27.2 Å². The Balaban J connectivity index is 1.40. The summed E-state index contributed by atoms with van der Waals surface area (Å²) < 4.78 is 17.5. The third kappa shape index (κ3) is 7.00. The van der Waals surface area contributed by atoms with Crippen LogP contribution in [0.5, 0.6) is 17.2 Å². The van der Waals surface area contributed by atoms with Gasteiger partial charge in [-0.3, -0.25) is 19.3 Å². The minimum Gasteiger partial charge on any atom is -0.493 e. The fourth-order valence-corrected chi connectivity index (χ4v) is 5.31. The molecule has 1 aliphatic heterocycles. The van der Waals surface area contributed by atoms with Crippen LogP contribution in [0.25, 0.3) is 6.08 Å². The lowest BCUT2D eigenvalue weighted by molar-refractivity contribution is -0.123. The van der Waals surface area contributed by atoms with Crippen molar-refractivity contribution in [3.8, 4) is 17.2 Å². The maximum atomic E-state index is 12.9. The molecule has 38 heavy (non-hydrogen) atoms. The number of benzene rings is 3. The molecule has 1 N–H and O–H groups in total. The smallest absolute Gasteiger partial charge is 0.293 e. The summed E-state index contributed by atoms with van der Waals surface area (Å²) in [5, 5.41) is 2.83. The van der Waals surface area contributed by atoms with Gasteiger partial charge in [-0.05, 0) is 82.4 Å². The topological polar surface area (TPSA) is 94.2 Å². The molecule has 0 aliphatic carbocycles. The van der Waals surface area contributed by atoms with Crippen molar-refractivity contribution in [3.63, 3.8) is 0 Å². The lowest BCUT2D eigenvalue weighted by atomic mass is 10.2. The monoisotopic (exact) mass is 664 g/mol. The molecule has 3 amide bonds. The van der Waals surface area contributed by atoms with E-state index in [-0.39, 0.29) is 35.8 Å². The summed E-state index contributed by atoms with van der Waals surface area (Å²) in [6.07, 6.45) is 1.62. The van der Waals surface area contributed by atoms with E-state index in [1.165, 1.54) is 7.11 Å². The first-order chi connectivity index (χ1) is 18.4. The zero-order valence-corrected chi connectivity index (χ0v) is 23.8. The average Bonchev–Trinajstić information content (AvgIpc) is 3.16. The van der Waals surface area contributed by atoms with Gasteiger partial charge in [0.1, 0.15) is 12.4 Å². The first-order valence-corrected chi connectivity index (χ1v) is 13.6. The molecule has 11 heteroatoms. The molecule has 1 saturated heterocycles. The Labute approximate surface area is 242 Å². The Bertz CT molecular complexity index is 1390. The number of anilines is 1. The maximum absolute atomic E-state index is 12.9. The predicted octanol–water partition coefficient (Wildman–Crippen LogP) is 6.09. The van der Waals surface area contributed by atoms with Gasteiger partial charge in [-0.2, -0.15) is 0 Å². The molecule has 3 aromatic carbocycles. The number of imide groups is 1. The Morgan fingerprint density at radius 3 is 2.53 bits per heavy atom. The molecule has 3 aromatic rings. The predicted molar refractivity (Wildman–Crippen MR) is 156 cm³/mol. The Morgan fingerprint density at radius 2 is 1.79 bits per heavy atom. The lowest BCUT2D eigenvalue weighted by Crippen LogP contribution is -2.32. The van der Waals surface area contributed by atoms with E-state index in [9.17, 15) is 14.4 Å². The highest BCUT2D eigenvalue weighted by Gasteiger charge is 2.35. The number of carbonyl (C=O) groups excluding carboxylic acids is 3. The number of para-hydroxylation sites is 2. The van der Waals surface area contributed by atoms with Crippen LogP contribution in [0.3, 0.4) is 0 Å². The van der Waals surface area contributed by atoms with E-state index in [0.29, 0.717) is 37.1 Å². The average molecular weight is 665 g/mol. The van der Waals surface area contributed by atoms with Gasteiger partial charge in [0.25, 0.3) is 17.1 Å². The molecule has 4 rings (SSSR count). The van der Waals surface area contributed by atoms with Crippen molar-refractivity contribution in [3.05, 3.63) is 85.8 Å². The SMILES string of the molecule is COc1cc(/C=C2\SC(=O)N(CCOc3ccccc3Cl)C2=O)cc(I)c1OCC(=O)Nc1ccccc1. The zero-order valence-electron chi connectivity index (χ0n) is 20.1. The highest BCUT2D eigenvalue weighted by molar-refractivity contribution is 14.1. The van der Waals surface area contributed by atoms with Crippen molar-refractivity contribution in [1.82, 2.24) is 4.90 Å². The Kier molecular flexibility index (Phi) is 9.53. The van der Waals surface area contributed by atoms with E-state index >= 15 is 0 Å². The molecule has 8 nitrogen and oxygen atoms in total. The summed E-state index contributed by atoms with van der Waals surface area (Å²) in [6, 6.07) is 19.5. The Morgan fingerprint density at radius 1 is 1.05 bits per heavy atom. The van der Waals surface area contributed by atoms with Crippen molar-refractivity contribution >= 4 is 74.8 Å². The highest BCUT2D eigenvalue weighted by Crippen LogP contribution is 2.37. The molecule has 0 spiro atoms. The quantitative estimate of drug-likeness (QED) is 0.207. The second kappa shape index (κ2) is 13.0. The normalized spacial score (nSPS) is 14.1. The molecule has 1 aliphatic rings. The number of ether oxygens (including phenoxy) is 3. The summed E-state index contributed by atoms with van der Waals surface area (Å²) in [4.78, 5) is 39.1. The van der Waals surface area contributed by atoms with Crippen LogP contribution in [0.4, 0.5) is 10.5 Å². The number of nitrogens with zero attached hydrogens (tertiary/aromatic N) is 1. The number of hydrogen-bond acceptors (Lipinski definition) is 7. The molecule has 0 bridgehead atoms. The van der Waals surface area contributed by atoms with E-state index in [1.54, 1.807) is 54.6 Å². The van der Waals surface area contributed by atoms with Crippen LogP contribution < -0.4 is 19.5 Å². The number of hydrogen-bond donors (Lipinski definition) is 1. The molecule has 0 radical (unpaired) electrons. The van der Waals surface area contributed by atoms with Crippen molar-refractivity contribution in [2.45, 2.75) is 0 Å². The van der Waals surface area contributed by atoms with Crippen molar-refractivity contribution in [2.24, 2.45) is 0 Å². The summed E-state index contributed by atoms with van der Waals surface area (Å²) >= 11 is 9.01. The second-order valence-electron chi connectivity index (χ2n) is 7.85. The van der Waals surface area contributed by atoms with E-state index < -0.39 is 5.91 Å². The van der Waals surface area contributed by atoms with Gasteiger partial charge in [0.15, 0.2) is 18.1 Å². The van der Waals surface area contributed by atoms with Crippen LogP contribution in [-0.4, -0.2) is 48.8 Å². The Hall–Kier alpha value is -3.22. The van der Waals surface area contributed by atoms with Crippen molar-refractivity contribution < 1.29 is 28.6 Å². The maximum Gasteiger partial charge on any atom is 0.293 e. The third-order valence-electron chi connectivity index (χ3n) is 5.24. The van der Waals surface area contributed by atoms with Crippen LogP contribution in [-0.2, 0) is 9.59 Å². The molecular weight excluding hydrogens is 643 g/mol. The van der Waals surface area contributed by atoms with E-state index in [2.05, 4.69) is 27.9 Å².